The molecule has 11 aromatic rings. The van der Waals surface area contributed by atoms with Gasteiger partial charge in [-0.15, -0.1) is 11.3 Å². The Kier molecular flexibility index (Phi) is 7.54. The lowest BCUT2D eigenvalue weighted by Crippen LogP contribution is -2.15. The predicted molar refractivity (Wildman–Crippen MR) is 247 cm³/mol. The summed E-state index contributed by atoms with van der Waals surface area (Å²) < 4.78 is 11.6. The van der Waals surface area contributed by atoms with E-state index in [2.05, 4.69) is 198 Å². The van der Waals surface area contributed by atoms with Gasteiger partial charge in [0.15, 0.2) is 0 Å². The minimum atomic E-state index is 0.0911. The summed E-state index contributed by atoms with van der Waals surface area (Å²) in [5, 5.41) is 7.36. The Hall–Kier alpha value is -7.14. The number of para-hydroxylation sites is 3. The van der Waals surface area contributed by atoms with Crippen LogP contribution in [0.25, 0.3) is 75.1 Å². The molecular formula is C54H36N2OS. The number of hydrogen-bond donors (Lipinski definition) is 0. The second-order valence-corrected chi connectivity index (χ2v) is 16.3. The van der Waals surface area contributed by atoms with Gasteiger partial charge in [-0.2, -0.15) is 0 Å². The number of benzene rings is 8. The molecule has 1 unspecified atom stereocenters. The molecular weight excluding hydrogens is 725 g/mol. The van der Waals surface area contributed by atoms with Crippen LogP contribution in [0.2, 0.25) is 0 Å². The lowest BCUT2D eigenvalue weighted by Gasteiger charge is -2.30. The summed E-state index contributed by atoms with van der Waals surface area (Å²) in [5.41, 5.74) is 12.7. The van der Waals surface area contributed by atoms with Gasteiger partial charge in [-0.3, -0.25) is 0 Å². The van der Waals surface area contributed by atoms with E-state index < -0.39 is 0 Å². The van der Waals surface area contributed by atoms with Gasteiger partial charge < -0.3 is 13.9 Å². The van der Waals surface area contributed by atoms with Crippen LogP contribution in [0.1, 0.15) is 23.6 Å². The molecule has 3 aromatic heterocycles. The van der Waals surface area contributed by atoms with Crippen LogP contribution in [-0.2, 0) is 0 Å². The Morgan fingerprint density at radius 1 is 0.483 bits per heavy atom. The Bertz CT molecular complexity index is 3380. The number of fused-ring (bicyclic) bond motifs is 9. The summed E-state index contributed by atoms with van der Waals surface area (Å²) in [5.74, 6) is 0. The van der Waals surface area contributed by atoms with Crippen molar-refractivity contribution in [1.29, 1.82) is 0 Å². The largest absolute Gasteiger partial charge is 0.456 e. The molecule has 4 heteroatoms. The van der Waals surface area contributed by atoms with E-state index in [1.54, 1.807) is 0 Å². The molecule has 8 aromatic carbocycles. The molecule has 1 aliphatic rings. The number of anilines is 3. The van der Waals surface area contributed by atoms with E-state index >= 15 is 0 Å². The van der Waals surface area contributed by atoms with Crippen LogP contribution in [0, 0.1) is 0 Å². The number of allylic oxidation sites excluding steroid dienone is 4. The van der Waals surface area contributed by atoms with Gasteiger partial charge in [-0.05, 0) is 89.4 Å². The maximum Gasteiger partial charge on any atom is 0.137 e. The number of aromatic nitrogens is 1. The smallest absolute Gasteiger partial charge is 0.137 e. The summed E-state index contributed by atoms with van der Waals surface area (Å²) in [6.45, 7) is 0. The summed E-state index contributed by atoms with van der Waals surface area (Å²) in [4.78, 5) is 2.41. The number of rotatable bonds is 6. The zero-order chi connectivity index (χ0) is 38.2. The van der Waals surface area contributed by atoms with Gasteiger partial charge in [-0.25, -0.2) is 0 Å². The van der Waals surface area contributed by atoms with Crippen molar-refractivity contribution in [3.63, 3.8) is 0 Å². The van der Waals surface area contributed by atoms with E-state index in [4.69, 9.17) is 4.42 Å². The molecule has 274 valence electrons. The molecule has 0 N–H and O–H groups in total. The van der Waals surface area contributed by atoms with Crippen molar-refractivity contribution in [1.82, 2.24) is 4.57 Å². The van der Waals surface area contributed by atoms with Gasteiger partial charge in [-0.1, -0.05) is 133 Å². The highest BCUT2D eigenvalue weighted by atomic mass is 32.1. The maximum atomic E-state index is 6.47. The second-order valence-electron chi connectivity index (χ2n) is 15.2. The van der Waals surface area contributed by atoms with Crippen molar-refractivity contribution in [3.8, 4) is 0 Å². The minimum absolute atomic E-state index is 0.0911. The van der Waals surface area contributed by atoms with Crippen LogP contribution in [0.3, 0.4) is 0 Å². The fraction of sp³-hybridized carbons (Fsp3) is 0.0370. The SMILES string of the molecule is C1=C(c2ccccc2)CC(n2c3ccccc3c3ccccc32)C(c2ccc(N(c3ccc4c(c3)oc3ccccc34)c3cccc4sc5ccccc5c34)cc2)=C1. The number of hydrogen-bond acceptors (Lipinski definition) is 3. The monoisotopic (exact) mass is 760 g/mol. The van der Waals surface area contributed by atoms with Crippen molar-refractivity contribution in [2.45, 2.75) is 12.5 Å². The van der Waals surface area contributed by atoms with E-state index in [1.165, 1.54) is 64.3 Å². The standard InChI is InChI=1S/C54H36N2OS/c1-2-13-35(14-3-1)37-27-31-40(49(33-37)56-46-19-8-4-15-41(46)42-16-5-9-20-47(42)56)36-25-28-38(29-26-36)55(39-30-32-44-43-17-6-10-22-50(43)57-51(44)34-39)48-21-12-24-53-54(48)45-18-7-11-23-52(45)58-53/h1-32,34,49H,33H2. The molecule has 3 heterocycles. The van der Waals surface area contributed by atoms with E-state index in [9.17, 15) is 0 Å². The predicted octanol–water partition coefficient (Wildman–Crippen LogP) is 15.6. The third kappa shape index (κ3) is 5.19. The van der Waals surface area contributed by atoms with Crippen molar-refractivity contribution < 1.29 is 4.42 Å². The molecule has 0 bridgehead atoms. The number of furan rings is 1. The average molecular weight is 761 g/mol. The zero-order valence-corrected chi connectivity index (χ0v) is 32.4. The quantitative estimate of drug-likeness (QED) is 0.168. The molecule has 0 amide bonds. The van der Waals surface area contributed by atoms with Crippen molar-refractivity contribution in [3.05, 3.63) is 211 Å². The fourth-order valence-electron chi connectivity index (χ4n) is 9.39. The Morgan fingerprint density at radius 3 is 1.91 bits per heavy atom. The molecule has 0 aliphatic heterocycles. The van der Waals surface area contributed by atoms with Crippen molar-refractivity contribution in [2.75, 3.05) is 4.90 Å². The van der Waals surface area contributed by atoms with Gasteiger partial charge in [0.1, 0.15) is 11.2 Å². The van der Waals surface area contributed by atoms with Gasteiger partial charge in [0.25, 0.3) is 0 Å². The first-order valence-electron chi connectivity index (χ1n) is 19.9. The normalized spacial score (nSPS) is 14.5. The molecule has 12 rings (SSSR count). The highest BCUT2D eigenvalue weighted by molar-refractivity contribution is 7.26. The van der Waals surface area contributed by atoms with E-state index in [-0.39, 0.29) is 6.04 Å². The highest BCUT2D eigenvalue weighted by Gasteiger charge is 2.27. The van der Waals surface area contributed by atoms with Crippen LogP contribution < -0.4 is 4.90 Å². The van der Waals surface area contributed by atoms with Crippen LogP contribution in [0.5, 0.6) is 0 Å². The minimum Gasteiger partial charge on any atom is -0.456 e. The first-order chi connectivity index (χ1) is 28.8. The van der Waals surface area contributed by atoms with Gasteiger partial charge in [0.2, 0.25) is 0 Å². The maximum absolute atomic E-state index is 6.47. The van der Waals surface area contributed by atoms with E-state index in [0.717, 1.165) is 45.4 Å². The topological polar surface area (TPSA) is 21.3 Å². The molecule has 0 spiro atoms. The lowest BCUT2D eigenvalue weighted by atomic mass is 9.85. The summed E-state index contributed by atoms with van der Waals surface area (Å²) in [6, 6.07) is 68.3. The summed E-state index contributed by atoms with van der Waals surface area (Å²) >= 11 is 1.85. The molecule has 58 heavy (non-hydrogen) atoms. The van der Waals surface area contributed by atoms with Crippen LogP contribution >= 0.6 is 11.3 Å². The first kappa shape index (κ1) is 33.0. The zero-order valence-electron chi connectivity index (χ0n) is 31.5. The molecule has 0 saturated heterocycles. The molecule has 1 atom stereocenters. The van der Waals surface area contributed by atoms with Gasteiger partial charge >= 0.3 is 0 Å². The molecule has 1 aliphatic carbocycles. The molecule has 0 fully saturated rings. The van der Waals surface area contributed by atoms with E-state index in [0.29, 0.717) is 0 Å². The number of nitrogens with zero attached hydrogens (tertiary/aromatic N) is 2. The Balaban J connectivity index is 1.04. The first-order valence-corrected chi connectivity index (χ1v) is 20.7. The van der Waals surface area contributed by atoms with Crippen molar-refractivity contribution >= 4 is 103 Å². The highest BCUT2D eigenvalue weighted by Crippen LogP contribution is 2.48. The van der Waals surface area contributed by atoms with Crippen LogP contribution in [0.4, 0.5) is 17.1 Å². The number of thiophene rings is 1. The van der Waals surface area contributed by atoms with E-state index in [1.807, 2.05) is 23.5 Å². The average Bonchev–Trinajstić information content (AvgIpc) is 3.97. The fourth-order valence-corrected chi connectivity index (χ4v) is 10.5. The van der Waals surface area contributed by atoms with Crippen LogP contribution in [-0.4, -0.2) is 4.57 Å². The van der Waals surface area contributed by atoms with Crippen LogP contribution in [0.15, 0.2) is 205 Å². The van der Waals surface area contributed by atoms with Gasteiger partial charge in [0.05, 0.1) is 11.7 Å². The van der Waals surface area contributed by atoms with Gasteiger partial charge in [0, 0.05) is 70.2 Å². The molecule has 0 radical (unpaired) electrons. The molecule has 0 saturated carbocycles. The summed E-state index contributed by atoms with van der Waals surface area (Å²) in [7, 11) is 0. The van der Waals surface area contributed by atoms with Crippen molar-refractivity contribution in [2.24, 2.45) is 0 Å². The Labute approximate surface area is 339 Å². The second kappa shape index (κ2) is 13.2. The lowest BCUT2D eigenvalue weighted by molar-refractivity contribution is 0.669. The third-order valence-electron chi connectivity index (χ3n) is 12.0. The molecule has 3 nitrogen and oxygen atoms in total. The third-order valence-corrected chi connectivity index (χ3v) is 13.1. The Morgan fingerprint density at radius 2 is 1.12 bits per heavy atom. The summed E-state index contributed by atoms with van der Waals surface area (Å²) in [6.07, 6.45) is 5.58.